The number of hydrogen-bond acceptors (Lipinski definition) is 6. The lowest BCUT2D eigenvalue weighted by atomic mass is 10.1. The van der Waals surface area contributed by atoms with E-state index in [1.54, 1.807) is 6.07 Å². The van der Waals surface area contributed by atoms with Gasteiger partial charge in [0.15, 0.2) is 5.65 Å². The molecule has 3 aromatic heterocycles. The molecule has 9 heteroatoms. The lowest BCUT2D eigenvalue weighted by molar-refractivity contribution is 0.0950. The van der Waals surface area contributed by atoms with Gasteiger partial charge in [-0.25, -0.2) is 4.98 Å². The van der Waals surface area contributed by atoms with E-state index in [2.05, 4.69) is 27.3 Å². The molecule has 5 heterocycles. The predicted molar refractivity (Wildman–Crippen MR) is 136 cm³/mol. The van der Waals surface area contributed by atoms with E-state index in [1.165, 1.54) is 0 Å². The molecule has 2 aliphatic heterocycles. The number of pyridine rings is 2. The first-order valence-corrected chi connectivity index (χ1v) is 12.0. The average molecular weight is 473 g/mol. The first-order chi connectivity index (χ1) is 17.1. The van der Waals surface area contributed by atoms with Gasteiger partial charge >= 0.3 is 0 Å². The lowest BCUT2D eigenvalue weighted by Gasteiger charge is -2.28. The van der Waals surface area contributed by atoms with Gasteiger partial charge in [0.25, 0.3) is 5.91 Å². The van der Waals surface area contributed by atoms with E-state index in [1.807, 2.05) is 46.3 Å². The van der Waals surface area contributed by atoms with E-state index >= 15 is 0 Å². The van der Waals surface area contributed by atoms with Crippen molar-refractivity contribution in [3.05, 3.63) is 64.3 Å². The molecule has 0 atom stereocenters. The summed E-state index contributed by atoms with van der Waals surface area (Å²) < 4.78 is 9.36. The first kappa shape index (κ1) is 21.8. The largest absolute Gasteiger partial charge is 0.378 e. The lowest BCUT2D eigenvalue weighted by Crippen LogP contribution is -2.37. The van der Waals surface area contributed by atoms with E-state index in [-0.39, 0.29) is 16.9 Å². The van der Waals surface area contributed by atoms with E-state index in [4.69, 9.17) is 9.72 Å². The normalized spacial score (nSPS) is 16.7. The van der Waals surface area contributed by atoms with Gasteiger partial charge in [-0.1, -0.05) is 24.3 Å². The van der Waals surface area contributed by atoms with Gasteiger partial charge in [0.1, 0.15) is 17.0 Å². The summed E-state index contributed by atoms with van der Waals surface area (Å²) in [5.74, 6) is 0.447. The number of hydrogen-bond donors (Lipinski definition) is 1. The molecule has 0 radical (unpaired) electrons. The number of imidazole rings is 1. The third kappa shape index (κ3) is 3.67. The highest BCUT2D eigenvalue weighted by Crippen LogP contribution is 2.27. The molecule has 0 unspecified atom stereocenters. The van der Waals surface area contributed by atoms with Gasteiger partial charge < -0.3 is 19.5 Å². The van der Waals surface area contributed by atoms with Crippen LogP contribution in [0.3, 0.4) is 0 Å². The number of nitrogens with zero attached hydrogens (tertiary/aromatic N) is 5. The molecule has 1 saturated heterocycles. The number of anilines is 1. The molecule has 0 bridgehead atoms. The summed E-state index contributed by atoms with van der Waals surface area (Å²) in [6.07, 6.45) is 4.24. The van der Waals surface area contributed by atoms with E-state index in [0.29, 0.717) is 36.4 Å². The van der Waals surface area contributed by atoms with Crippen molar-refractivity contribution in [3.8, 4) is 0 Å². The number of aryl methyl sites for hydroxylation is 1. The van der Waals surface area contributed by atoms with Crippen LogP contribution in [0.4, 0.5) is 5.82 Å². The topological polar surface area (TPSA) is 84.1 Å². The number of carbonyl (C=O) groups excluding carboxylic acids is 1. The van der Waals surface area contributed by atoms with Crippen LogP contribution < -0.4 is 15.6 Å². The molecule has 0 spiro atoms. The number of benzene rings is 1. The van der Waals surface area contributed by atoms with Crippen molar-refractivity contribution in [2.75, 3.05) is 57.4 Å². The average Bonchev–Trinajstić information content (AvgIpc) is 3.51. The molecule has 0 aliphatic carbocycles. The number of carbonyl (C=O) groups is 1. The van der Waals surface area contributed by atoms with Crippen LogP contribution in [0, 0.1) is 0 Å². The maximum atomic E-state index is 13.7. The van der Waals surface area contributed by atoms with Crippen molar-refractivity contribution < 1.29 is 9.53 Å². The highest BCUT2D eigenvalue weighted by atomic mass is 16.5. The molecule has 9 nitrogen and oxygen atoms in total. The Kier molecular flexibility index (Phi) is 5.50. The molecule has 35 heavy (non-hydrogen) atoms. The molecule has 1 fully saturated rings. The second kappa shape index (κ2) is 8.83. The maximum Gasteiger partial charge on any atom is 0.259 e. The Morgan fingerprint density at radius 3 is 2.57 bits per heavy atom. The van der Waals surface area contributed by atoms with Crippen LogP contribution >= 0.6 is 0 Å². The Bertz CT molecular complexity index is 1520. The molecular formula is C26H28N6O3. The molecule has 1 amide bonds. The Hall–Kier alpha value is -3.69. The monoisotopic (exact) mass is 472 g/mol. The molecule has 1 N–H and O–H groups in total. The minimum absolute atomic E-state index is 0.150. The summed E-state index contributed by atoms with van der Waals surface area (Å²) in [6, 6.07) is 11.6. The van der Waals surface area contributed by atoms with Crippen molar-refractivity contribution in [1.29, 1.82) is 0 Å². The molecule has 1 aromatic carbocycles. The highest BCUT2D eigenvalue weighted by molar-refractivity contribution is 6.05. The summed E-state index contributed by atoms with van der Waals surface area (Å²) in [4.78, 5) is 36.5. The molecule has 4 aromatic rings. The predicted octanol–water partition coefficient (Wildman–Crippen LogP) is 1.78. The van der Waals surface area contributed by atoms with Gasteiger partial charge in [-0.15, -0.1) is 0 Å². The highest BCUT2D eigenvalue weighted by Gasteiger charge is 2.25. The van der Waals surface area contributed by atoms with Gasteiger partial charge in [0, 0.05) is 46.3 Å². The number of aromatic nitrogens is 3. The van der Waals surface area contributed by atoms with Crippen LogP contribution in [-0.4, -0.2) is 77.2 Å². The van der Waals surface area contributed by atoms with Crippen LogP contribution in [0.25, 0.3) is 27.7 Å². The Morgan fingerprint density at radius 1 is 1.06 bits per heavy atom. The molecule has 6 rings (SSSR count). The van der Waals surface area contributed by atoms with Crippen molar-refractivity contribution in [2.24, 2.45) is 7.05 Å². The molecule has 180 valence electrons. The number of rotatable bonds is 5. The van der Waals surface area contributed by atoms with E-state index < -0.39 is 0 Å². The maximum absolute atomic E-state index is 13.7. The van der Waals surface area contributed by atoms with Crippen LogP contribution in [0.1, 0.15) is 10.4 Å². The summed E-state index contributed by atoms with van der Waals surface area (Å²) in [5, 5.41) is 3.42. The SMILES string of the molecule is Cn1c2ccccc2n2c3nc(N4CCOCC4)ccc3c(=O)c(C(=O)NCCN3CC=CC3)c12. The summed E-state index contributed by atoms with van der Waals surface area (Å²) in [7, 11) is 1.89. The van der Waals surface area contributed by atoms with Gasteiger partial charge in [0.2, 0.25) is 5.43 Å². The second-order valence-electron chi connectivity index (χ2n) is 9.04. The fourth-order valence-corrected chi connectivity index (χ4v) is 5.12. The van der Waals surface area contributed by atoms with Gasteiger partial charge in [-0.05, 0) is 24.3 Å². The number of para-hydroxylation sites is 2. The minimum Gasteiger partial charge on any atom is -0.378 e. The number of morpholine rings is 1. The zero-order valence-electron chi connectivity index (χ0n) is 19.7. The minimum atomic E-state index is -0.357. The number of ether oxygens (including phenoxy) is 1. The standard InChI is InChI=1S/C26H28N6O3/c1-29-19-6-2-3-7-20(19)32-24-18(8-9-21(28-24)31-14-16-35-17-15-31)23(33)22(26(29)32)25(34)27-10-13-30-11-4-5-12-30/h2-9H,10-17H2,1H3,(H,27,34). The van der Waals surface area contributed by atoms with Crippen molar-refractivity contribution in [2.45, 2.75) is 0 Å². The van der Waals surface area contributed by atoms with Crippen LogP contribution in [0.2, 0.25) is 0 Å². The zero-order valence-corrected chi connectivity index (χ0v) is 19.7. The van der Waals surface area contributed by atoms with Crippen LogP contribution in [-0.2, 0) is 11.8 Å². The quantitative estimate of drug-likeness (QED) is 0.446. The number of fused-ring (bicyclic) bond motifs is 5. The molecule has 2 aliphatic rings. The van der Waals surface area contributed by atoms with Crippen molar-refractivity contribution in [3.63, 3.8) is 0 Å². The summed E-state index contributed by atoms with van der Waals surface area (Å²) >= 11 is 0. The summed E-state index contributed by atoms with van der Waals surface area (Å²) in [6.45, 7) is 5.78. The Balaban J connectivity index is 1.51. The number of nitrogens with one attached hydrogen (secondary N) is 1. The van der Waals surface area contributed by atoms with Crippen molar-refractivity contribution in [1.82, 2.24) is 24.2 Å². The van der Waals surface area contributed by atoms with E-state index in [0.717, 1.165) is 49.6 Å². The molecular weight excluding hydrogens is 444 g/mol. The van der Waals surface area contributed by atoms with Crippen LogP contribution in [0.5, 0.6) is 0 Å². The van der Waals surface area contributed by atoms with E-state index in [9.17, 15) is 9.59 Å². The third-order valence-corrected chi connectivity index (χ3v) is 6.95. The molecule has 0 saturated carbocycles. The Labute approximate surface area is 202 Å². The third-order valence-electron chi connectivity index (χ3n) is 6.95. The van der Waals surface area contributed by atoms with Crippen LogP contribution in [0.15, 0.2) is 53.3 Å². The summed E-state index contributed by atoms with van der Waals surface area (Å²) in [5.41, 5.74) is 2.79. The van der Waals surface area contributed by atoms with Gasteiger partial charge in [-0.3, -0.25) is 18.9 Å². The smallest absolute Gasteiger partial charge is 0.259 e. The second-order valence-corrected chi connectivity index (χ2v) is 9.04. The number of amides is 1. The first-order valence-electron chi connectivity index (χ1n) is 12.0. The fourth-order valence-electron chi connectivity index (χ4n) is 5.12. The van der Waals surface area contributed by atoms with Gasteiger partial charge in [-0.2, -0.15) is 0 Å². The Morgan fingerprint density at radius 2 is 1.80 bits per heavy atom. The zero-order chi connectivity index (χ0) is 23.9. The van der Waals surface area contributed by atoms with Gasteiger partial charge in [0.05, 0.1) is 29.6 Å². The van der Waals surface area contributed by atoms with Crippen molar-refractivity contribution >= 4 is 39.4 Å². The fraction of sp³-hybridized carbons (Fsp3) is 0.346.